The van der Waals surface area contributed by atoms with Gasteiger partial charge in [-0.1, -0.05) is 13.8 Å². The van der Waals surface area contributed by atoms with Crippen molar-refractivity contribution in [3.8, 4) is 0 Å². The van der Waals surface area contributed by atoms with Gasteiger partial charge in [0.1, 0.15) is 0 Å². The minimum atomic E-state index is -0.620. The summed E-state index contributed by atoms with van der Waals surface area (Å²) in [6, 6.07) is 1.03. The third-order valence-corrected chi connectivity index (χ3v) is 5.98. The summed E-state index contributed by atoms with van der Waals surface area (Å²) in [6.45, 7) is 7.41. The van der Waals surface area contributed by atoms with Gasteiger partial charge in [0, 0.05) is 24.1 Å². The molecule has 2 aliphatic rings. The Morgan fingerprint density at radius 2 is 1.81 bits per heavy atom. The summed E-state index contributed by atoms with van der Waals surface area (Å²) in [6.07, 6.45) is 7.43. The van der Waals surface area contributed by atoms with Crippen LogP contribution in [0.4, 0.5) is 0 Å². The third kappa shape index (κ3) is 3.26. The van der Waals surface area contributed by atoms with Crippen molar-refractivity contribution in [2.45, 2.75) is 83.9 Å². The lowest BCUT2D eigenvalue weighted by molar-refractivity contribution is -0.145. The molecule has 0 spiro atoms. The first-order chi connectivity index (χ1) is 10.1. The van der Waals surface area contributed by atoms with Crippen LogP contribution in [0.25, 0.3) is 0 Å². The molecule has 0 saturated heterocycles. The molecular weight excluding hydrogens is 266 g/mol. The molecule has 2 N–H and O–H groups in total. The van der Waals surface area contributed by atoms with Gasteiger partial charge in [-0.3, -0.25) is 4.79 Å². The van der Waals surface area contributed by atoms with Gasteiger partial charge in [-0.15, -0.1) is 0 Å². The van der Waals surface area contributed by atoms with Crippen molar-refractivity contribution >= 4 is 5.97 Å². The van der Waals surface area contributed by atoms with Crippen molar-refractivity contribution in [3.05, 3.63) is 0 Å². The monoisotopic (exact) mass is 297 g/mol. The fraction of sp³-hybridized carbons (Fsp3) is 0.941. The van der Waals surface area contributed by atoms with Crippen LogP contribution in [-0.4, -0.2) is 35.9 Å². The van der Waals surface area contributed by atoms with Crippen LogP contribution in [0, 0.1) is 11.3 Å². The lowest BCUT2D eigenvalue weighted by Gasteiger charge is -2.56. The van der Waals surface area contributed by atoms with Gasteiger partial charge in [-0.25, -0.2) is 0 Å². The van der Waals surface area contributed by atoms with E-state index in [4.69, 9.17) is 9.84 Å². The average Bonchev–Trinajstić information content (AvgIpc) is 2.48. The largest absolute Gasteiger partial charge is 0.481 e. The van der Waals surface area contributed by atoms with Crippen LogP contribution >= 0.6 is 0 Å². The van der Waals surface area contributed by atoms with Gasteiger partial charge in [0.05, 0.1) is 12.0 Å². The number of carboxylic acid groups (broad SMARTS) is 1. The number of rotatable bonds is 7. The average molecular weight is 297 g/mol. The van der Waals surface area contributed by atoms with Gasteiger partial charge in [-0.2, -0.15) is 0 Å². The van der Waals surface area contributed by atoms with Crippen molar-refractivity contribution in [1.82, 2.24) is 5.32 Å². The molecule has 2 aliphatic carbocycles. The highest BCUT2D eigenvalue weighted by Gasteiger charge is 2.53. The molecule has 4 nitrogen and oxygen atoms in total. The fourth-order valence-electron chi connectivity index (χ4n) is 4.41. The lowest BCUT2D eigenvalue weighted by Crippen LogP contribution is -2.65. The number of carboxylic acids is 1. The number of aliphatic carboxylic acids is 1. The van der Waals surface area contributed by atoms with Crippen LogP contribution in [0.2, 0.25) is 0 Å². The summed E-state index contributed by atoms with van der Waals surface area (Å²) in [5.41, 5.74) is 0.277. The van der Waals surface area contributed by atoms with E-state index in [9.17, 15) is 4.79 Å². The number of hydrogen-bond donors (Lipinski definition) is 2. The van der Waals surface area contributed by atoms with Gasteiger partial charge in [0.25, 0.3) is 0 Å². The Balaban J connectivity index is 1.87. The molecule has 0 aromatic heterocycles. The molecule has 0 aliphatic heterocycles. The minimum absolute atomic E-state index is 0.122. The molecule has 0 bridgehead atoms. The Bertz CT molecular complexity index is 346. The van der Waals surface area contributed by atoms with Crippen LogP contribution in [0.1, 0.15) is 65.7 Å². The first-order valence-corrected chi connectivity index (χ1v) is 8.67. The molecule has 2 fully saturated rings. The molecule has 4 heteroatoms. The Morgan fingerprint density at radius 1 is 1.19 bits per heavy atom. The van der Waals surface area contributed by atoms with E-state index < -0.39 is 5.97 Å². The number of hydrogen-bond acceptors (Lipinski definition) is 3. The Morgan fingerprint density at radius 3 is 2.29 bits per heavy atom. The highest BCUT2D eigenvalue weighted by atomic mass is 16.5. The van der Waals surface area contributed by atoms with E-state index in [-0.39, 0.29) is 11.3 Å². The van der Waals surface area contributed by atoms with E-state index >= 15 is 0 Å². The molecule has 0 heterocycles. The summed E-state index contributed by atoms with van der Waals surface area (Å²) in [4.78, 5) is 11.0. The van der Waals surface area contributed by atoms with Crippen molar-refractivity contribution in [2.24, 2.45) is 11.3 Å². The fourth-order valence-corrected chi connectivity index (χ4v) is 4.41. The van der Waals surface area contributed by atoms with Crippen molar-refractivity contribution < 1.29 is 14.6 Å². The second-order valence-corrected chi connectivity index (χ2v) is 6.73. The second-order valence-electron chi connectivity index (χ2n) is 6.73. The van der Waals surface area contributed by atoms with E-state index in [1.54, 1.807) is 0 Å². The van der Waals surface area contributed by atoms with Crippen LogP contribution in [0.5, 0.6) is 0 Å². The highest BCUT2D eigenvalue weighted by molar-refractivity contribution is 5.70. The van der Waals surface area contributed by atoms with E-state index in [0.29, 0.717) is 18.2 Å². The maximum absolute atomic E-state index is 11.0. The SMILES string of the molecule is CCOC1CC(NC2CCC(C(=O)O)CC2)C1(CC)CC. The third-order valence-electron chi connectivity index (χ3n) is 5.98. The standard InChI is InChI=1S/C17H31NO3/c1-4-17(5-2)14(11-15(17)21-6-3)18-13-9-7-12(8-10-13)16(19)20/h12-15,18H,4-11H2,1-3H3,(H,19,20). The molecular formula is C17H31NO3. The topological polar surface area (TPSA) is 58.6 Å². The quantitative estimate of drug-likeness (QED) is 0.757. The zero-order valence-corrected chi connectivity index (χ0v) is 13.7. The van der Waals surface area contributed by atoms with Gasteiger partial charge >= 0.3 is 5.97 Å². The van der Waals surface area contributed by atoms with Crippen molar-refractivity contribution in [3.63, 3.8) is 0 Å². The zero-order valence-electron chi connectivity index (χ0n) is 13.7. The summed E-state index contributed by atoms with van der Waals surface area (Å²) >= 11 is 0. The molecule has 0 radical (unpaired) electrons. The summed E-state index contributed by atoms with van der Waals surface area (Å²) in [7, 11) is 0. The Hall–Kier alpha value is -0.610. The van der Waals surface area contributed by atoms with Crippen LogP contribution in [-0.2, 0) is 9.53 Å². The Kier molecular flexibility index (Phi) is 5.67. The van der Waals surface area contributed by atoms with Gasteiger partial charge in [0.2, 0.25) is 0 Å². The molecule has 0 aromatic rings. The summed E-state index contributed by atoms with van der Waals surface area (Å²) in [5.74, 6) is -0.743. The lowest BCUT2D eigenvalue weighted by atomic mass is 9.58. The molecule has 2 atom stereocenters. The van der Waals surface area contributed by atoms with E-state index in [1.807, 2.05) is 0 Å². The maximum atomic E-state index is 11.0. The van der Waals surface area contributed by atoms with Crippen molar-refractivity contribution in [1.29, 1.82) is 0 Å². The molecule has 2 saturated carbocycles. The molecule has 2 rings (SSSR count). The molecule has 0 aromatic carbocycles. The predicted molar refractivity (Wildman–Crippen MR) is 83.4 cm³/mol. The molecule has 0 amide bonds. The molecule has 122 valence electrons. The predicted octanol–water partition coefficient (Wildman–Crippen LogP) is 3.20. The number of ether oxygens (including phenoxy) is 1. The van der Waals surface area contributed by atoms with Crippen LogP contribution in [0.3, 0.4) is 0 Å². The minimum Gasteiger partial charge on any atom is -0.481 e. The first-order valence-electron chi connectivity index (χ1n) is 8.67. The smallest absolute Gasteiger partial charge is 0.306 e. The van der Waals surface area contributed by atoms with Crippen LogP contribution < -0.4 is 5.32 Å². The molecule has 2 unspecified atom stereocenters. The van der Waals surface area contributed by atoms with E-state index in [0.717, 1.165) is 51.6 Å². The van der Waals surface area contributed by atoms with E-state index in [2.05, 4.69) is 26.1 Å². The first kappa shape index (κ1) is 16.8. The zero-order chi connectivity index (χ0) is 15.5. The van der Waals surface area contributed by atoms with Gasteiger partial charge < -0.3 is 15.2 Å². The highest BCUT2D eigenvalue weighted by Crippen LogP contribution is 2.49. The number of nitrogens with one attached hydrogen (secondary N) is 1. The van der Waals surface area contributed by atoms with E-state index in [1.165, 1.54) is 0 Å². The summed E-state index contributed by atoms with van der Waals surface area (Å²) < 4.78 is 5.93. The second kappa shape index (κ2) is 7.10. The Labute approximate surface area is 128 Å². The van der Waals surface area contributed by atoms with Crippen molar-refractivity contribution in [2.75, 3.05) is 6.61 Å². The maximum Gasteiger partial charge on any atom is 0.306 e. The van der Waals surface area contributed by atoms with Crippen LogP contribution in [0.15, 0.2) is 0 Å². The van der Waals surface area contributed by atoms with Gasteiger partial charge in [0.15, 0.2) is 0 Å². The molecule has 21 heavy (non-hydrogen) atoms. The van der Waals surface area contributed by atoms with Gasteiger partial charge in [-0.05, 0) is 51.9 Å². The normalized spacial score (nSPS) is 35.2. The summed E-state index contributed by atoms with van der Waals surface area (Å²) in [5, 5.41) is 12.9. The number of carbonyl (C=O) groups is 1.